The molecule has 6 nitrogen and oxygen atoms in total. The van der Waals surface area contributed by atoms with Crippen LogP contribution in [0.25, 0.3) is 0 Å². The number of H-pyrrole nitrogens is 1. The van der Waals surface area contributed by atoms with Crippen molar-refractivity contribution in [2.75, 3.05) is 6.54 Å². The van der Waals surface area contributed by atoms with Crippen molar-refractivity contribution in [2.45, 2.75) is 32.4 Å². The third kappa shape index (κ3) is 5.33. The van der Waals surface area contributed by atoms with E-state index in [0.29, 0.717) is 6.54 Å². The van der Waals surface area contributed by atoms with Crippen LogP contribution < -0.4 is 22.1 Å². The summed E-state index contributed by atoms with van der Waals surface area (Å²) < 4.78 is 1.45. The normalized spacial score (nSPS) is 11.9. The third-order valence-electron chi connectivity index (χ3n) is 3.70. The highest BCUT2D eigenvalue weighted by Crippen LogP contribution is 2.18. The van der Waals surface area contributed by atoms with Gasteiger partial charge in [0.25, 0.3) is 5.56 Å². The molecule has 1 aromatic heterocycles. The first-order valence-corrected chi connectivity index (χ1v) is 7.99. The van der Waals surface area contributed by atoms with Gasteiger partial charge in [0.05, 0.1) is 5.54 Å². The molecule has 2 rings (SSSR count). The SMILES string of the molecule is CC(C)(NNCC/C=C/Cn1ccc(=O)[nH]c1=O)c1ccccc1. The maximum absolute atomic E-state index is 11.5. The van der Waals surface area contributed by atoms with Gasteiger partial charge in [-0.3, -0.25) is 19.8 Å². The number of aromatic nitrogens is 2. The third-order valence-corrected chi connectivity index (χ3v) is 3.70. The Hall–Kier alpha value is -2.44. The van der Waals surface area contributed by atoms with E-state index >= 15 is 0 Å². The van der Waals surface area contributed by atoms with Gasteiger partial charge in [-0.05, 0) is 25.8 Å². The molecule has 3 N–H and O–H groups in total. The topological polar surface area (TPSA) is 78.9 Å². The average Bonchev–Trinajstić information content (AvgIpc) is 2.56. The lowest BCUT2D eigenvalue weighted by atomic mass is 9.95. The first-order chi connectivity index (χ1) is 11.5. The second kappa shape index (κ2) is 8.42. The summed E-state index contributed by atoms with van der Waals surface area (Å²) in [5.41, 5.74) is 6.83. The molecule has 0 radical (unpaired) electrons. The van der Waals surface area contributed by atoms with Gasteiger partial charge in [0, 0.05) is 25.4 Å². The fraction of sp³-hybridized carbons (Fsp3) is 0.333. The molecule has 0 aliphatic heterocycles. The van der Waals surface area contributed by atoms with Crippen LogP contribution in [0.15, 0.2) is 64.3 Å². The van der Waals surface area contributed by atoms with E-state index in [9.17, 15) is 9.59 Å². The van der Waals surface area contributed by atoms with Crippen molar-refractivity contribution in [2.24, 2.45) is 0 Å². The molecule has 0 fully saturated rings. The monoisotopic (exact) mass is 328 g/mol. The molecule has 0 amide bonds. The van der Waals surface area contributed by atoms with Crippen LogP contribution in [-0.2, 0) is 12.1 Å². The lowest BCUT2D eigenvalue weighted by Gasteiger charge is -2.27. The summed E-state index contributed by atoms with van der Waals surface area (Å²) in [6.07, 6.45) is 6.23. The van der Waals surface area contributed by atoms with E-state index in [1.807, 2.05) is 30.4 Å². The molecule has 24 heavy (non-hydrogen) atoms. The molecule has 1 aromatic carbocycles. The van der Waals surface area contributed by atoms with Gasteiger partial charge in [0.15, 0.2) is 0 Å². The van der Waals surface area contributed by atoms with E-state index in [4.69, 9.17) is 0 Å². The highest BCUT2D eigenvalue weighted by molar-refractivity contribution is 5.22. The fourth-order valence-corrected chi connectivity index (χ4v) is 2.26. The Balaban J connectivity index is 1.71. The van der Waals surface area contributed by atoms with Gasteiger partial charge in [-0.2, -0.15) is 0 Å². The van der Waals surface area contributed by atoms with E-state index in [-0.39, 0.29) is 11.1 Å². The summed E-state index contributed by atoms with van der Waals surface area (Å²) in [5, 5.41) is 0. The van der Waals surface area contributed by atoms with Crippen molar-refractivity contribution in [3.05, 3.63) is 81.1 Å². The number of rotatable bonds is 8. The molecule has 0 aliphatic rings. The van der Waals surface area contributed by atoms with Crippen LogP contribution in [-0.4, -0.2) is 16.1 Å². The van der Waals surface area contributed by atoms with Gasteiger partial charge < -0.3 is 0 Å². The van der Waals surface area contributed by atoms with Gasteiger partial charge in [-0.1, -0.05) is 42.5 Å². The molecule has 0 saturated carbocycles. The van der Waals surface area contributed by atoms with Crippen molar-refractivity contribution >= 4 is 0 Å². The quantitative estimate of drug-likeness (QED) is 0.390. The molecule has 128 valence electrons. The number of allylic oxidation sites excluding steroid dienone is 1. The summed E-state index contributed by atoms with van der Waals surface area (Å²) in [4.78, 5) is 24.7. The van der Waals surface area contributed by atoms with Crippen molar-refractivity contribution in [1.29, 1.82) is 0 Å². The van der Waals surface area contributed by atoms with Crippen molar-refractivity contribution in [3.8, 4) is 0 Å². The molecule has 1 heterocycles. The number of hydrogen-bond acceptors (Lipinski definition) is 4. The molecule has 0 aliphatic carbocycles. The fourth-order valence-electron chi connectivity index (χ4n) is 2.26. The lowest BCUT2D eigenvalue weighted by Crippen LogP contribution is -2.46. The zero-order valence-corrected chi connectivity index (χ0v) is 14.1. The van der Waals surface area contributed by atoms with Crippen molar-refractivity contribution < 1.29 is 0 Å². The minimum Gasteiger partial charge on any atom is -0.297 e. The van der Waals surface area contributed by atoms with Crippen LogP contribution in [0.2, 0.25) is 0 Å². The van der Waals surface area contributed by atoms with E-state index in [1.165, 1.54) is 22.4 Å². The van der Waals surface area contributed by atoms with E-state index in [1.54, 1.807) is 0 Å². The van der Waals surface area contributed by atoms with E-state index < -0.39 is 5.69 Å². The zero-order valence-electron chi connectivity index (χ0n) is 14.1. The summed E-state index contributed by atoms with van der Waals surface area (Å²) in [6, 6.07) is 11.6. The number of benzene rings is 1. The Morgan fingerprint density at radius 2 is 1.88 bits per heavy atom. The summed E-state index contributed by atoms with van der Waals surface area (Å²) >= 11 is 0. The van der Waals surface area contributed by atoms with Crippen LogP contribution in [0.1, 0.15) is 25.8 Å². The highest BCUT2D eigenvalue weighted by atomic mass is 16.2. The Morgan fingerprint density at radius 3 is 2.58 bits per heavy atom. The minimum absolute atomic E-state index is 0.159. The van der Waals surface area contributed by atoms with Crippen molar-refractivity contribution in [1.82, 2.24) is 20.4 Å². The van der Waals surface area contributed by atoms with Gasteiger partial charge >= 0.3 is 5.69 Å². The standard InChI is InChI=1S/C18H24N4O2/c1-18(2,15-9-5-3-6-10-15)21-19-12-7-4-8-13-22-14-11-16(23)20-17(22)24/h3-6,8-11,14,19,21H,7,12-13H2,1-2H3,(H,20,23,24)/b8-4+. The molecule has 0 spiro atoms. The smallest absolute Gasteiger partial charge is 0.297 e. The number of nitrogens with zero attached hydrogens (tertiary/aromatic N) is 1. The Labute approximate surface area is 141 Å². The van der Waals surface area contributed by atoms with Gasteiger partial charge in [0.1, 0.15) is 0 Å². The highest BCUT2D eigenvalue weighted by Gasteiger charge is 2.18. The largest absolute Gasteiger partial charge is 0.328 e. The molecular weight excluding hydrogens is 304 g/mol. The molecule has 0 unspecified atom stereocenters. The first kappa shape index (κ1) is 17.9. The molecular formula is C18H24N4O2. The van der Waals surface area contributed by atoms with Gasteiger partial charge in [-0.25, -0.2) is 10.2 Å². The summed E-state index contributed by atoms with van der Waals surface area (Å²) in [7, 11) is 0. The first-order valence-electron chi connectivity index (χ1n) is 7.99. The maximum atomic E-state index is 11.5. The van der Waals surface area contributed by atoms with Crippen molar-refractivity contribution in [3.63, 3.8) is 0 Å². The Morgan fingerprint density at radius 1 is 1.12 bits per heavy atom. The minimum atomic E-state index is -0.392. The van der Waals surface area contributed by atoms with Gasteiger partial charge in [0.2, 0.25) is 0 Å². The summed E-state index contributed by atoms with van der Waals surface area (Å²) in [5.74, 6) is 0. The number of hydrogen-bond donors (Lipinski definition) is 3. The Bertz CT molecular complexity index is 775. The molecule has 2 aromatic rings. The molecule has 0 bridgehead atoms. The molecule has 0 saturated heterocycles. The molecule has 6 heteroatoms. The number of aromatic amines is 1. The molecule has 0 atom stereocenters. The summed E-state index contributed by atoms with van der Waals surface area (Å²) in [6.45, 7) is 5.45. The maximum Gasteiger partial charge on any atom is 0.328 e. The lowest BCUT2D eigenvalue weighted by molar-refractivity contribution is 0.340. The second-order valence-electron chi connectivity index (χ2n) is 6.07. The van der Waals surface area contributed by atoms with E-state index in [0.717, 1.165) is 13.0 Å². The van der Waals surface area contributed by atoms with E-state index in [2.05, 4.69) is 41.8 Å². The second-order valence-corrected chi connectivity index (χ2v) is 6.07. The number of hydrazine groups is 1. The van der Waals surface area contributed by atoms with Crippen LogP contribution in [0.5, 0.6) is 0 Å². The van der Waals surface area contributed by atoms with Crippen LogP contribution in [0.4, 0.5) is 0 Å². The van der Waals surface area contributed by atoms with Crippen LogP contribution >= 0.6 is 0 Å². The number of nitrogens with one attached hydrogen (secondary N) is 3. The van der Waals surface area contributed by atoms with Crippen LogP contribution in [0, 0.1) is 0 Å². The Kier molecular flexibility index (Phi) is 6.28. The van der Waals surface area contributed by atoms with Crippen LogP contribution in [0.3, 0.4) is 0 Å². The predicted octanol–water partition coefficient (Wildman–Crippen LogP) is 1.51. The zero-order chi connectivity index (χ0) is 17.4. The van der Waals surface area contributed by atoms with Gasteiger partial charge in [-0.15, -0.1) is 0 Å². The predicted molar refractivity (Wildman–Crippen MR) is 95.7 cm³/mol. The average molecular weight is 328 g/mol.